The van der Waals surface area contributed by atoms with Crippen LogP contribution in [0.2, 0.25) is 0 Å². The zero-order chi connectivity index (χ0) is 11.3. The summed E-state index contributed by atoms with van der Waals surface area (Å²) in [5.41, 5.74) is -0.700. The second-order valence-corrected chi connectivity index (χ2v) is 2.95. The van der Waals surface area contributed by atoms with E-state index in [1.807, 2.05) is 0 Å². The van der Waals surface area contributed by atoms with Crippen LogP contribution in [0, 0.1) is 0 Å². The maximum Gasteiger partial charge on any atom is 1.00 e. The Morgan fingerprint density at radius 1 is 1.12 bits per heavy atom. The second-order valence-electron chi connectivity index (χ2n) is 2.95. The van der Waals surface area contributed by atoms with Gasteiger partial charge in [0.05, 0.1) is 12.4 Å². The van der Waals surface area contributed by atoms with Crippen molar-refractivity contribution in [2.75, 3.05) is 20.3 Å². The van der Waals surface area contributed by atoms with Crippen LogP contribution in [-0.4, -0.2) is 27.3 Å². The Labute approximate surface area is 135 Å². The quantitative estimate of drug-likeness (QED) is 0.486. The van der Waals surface area contributed by atoms with Gasteiger partial charge in [0.2, 0.25) is 0 Å². The van der Waals surface area contributed by atoms with E-state index in [4.69, 9.17) is 4.74 Å². The smallest absolute Gasteiger partial charge is 0.494 e. The minimum Gasteiger partial charge on any atom is -0.494 e. The molecule has 84 valence electrons. The standard InChI is InChI=1S/C9H11BF3O2.K/c1-14-6-7-15-9-5-3-2-4-8(9)10(11,12)13;/h2-5H,6-7H2,1H3;/q-1;+1. The average molecular weight is 258 g/mol. The minimum absolute atomic E-state index is 0. The summed E-state index contributed by atoms with van der Waals surface area (Å²) >= 11 is 0. The molecule has 0 fully saturated rings. The van der Waals surface area contributed by atoms with Gasteiger partial charge in [0.1, 0.15) is 6.61 Å². The van der Waals surface area contributed by atoms with E-state index in [0.29, 0.717) is 0 Å². The molecule has 0 saturated heterocycles. The zero-order valence-corrected chi connectivity index (χ0v) is 12.4. The molecule has 7 heteroatoms. The van der Waals surface area contributed by atoms with Gasteiger partial charge in [-0.2, -0.15) is 0 Å². The first-order valence-corrected chi connectivity index (χ1v) is 4.46. The van der Waals surface area contributed by atoms with E-state index in [2.05, 4.69) is 4.74 Å². The summed E-state index contributed by atoms with van der Waals surface area (Å²) in [6.45, 7) is -4.65. The summed E-state index contributed by atoms with van der Waals surface area (Å²) in [6, 6.07) is 5.17. The second kappa shape index (κ2) is 7.73. The first-order valence-electron chi connectivity index (χ1n) is 4.46. The molecular formula is C9H11BF3KO2. The topological polar surface area (TPSA) is 18.5 Å². The molecule has 1 rings (SSSR count). The number of benzene rings is 1. The van der Waals surface area contributed by atoms with Crippen LogP contribution in [0.15, 0.2) is 24.3 Å². The number of rotatable bonds is 5. The van der Waals surface area contributed by atoms with Crippen molar-refractivity contribution in [3.05, 3.63) is 24.3 Å². The van der Waals surface area contributed by atoms with Gasteiger partial charge in [0, 0.05) is 7.11 Å². The monoisotopic (exact) mass is 258 g/mol. The third-order valence-corrected chi connectivity index (χ3v) is 1.82. The van der Waals surface area contributed by atoms with E-state index >= 15 is 0 Å². The van der Waals surface area contributed by atoms with Crippen molar-refractivity contribution in [3.8, 4) is 5.75 Å². The SMILES string of the molecule is COCCOc1ccccc1[B-](F)(F)F.[K+]. The first kappa shape index (κ1) is 16.5. The van der Waals surface area contributed by atoms with Gasteiger partial charge in [-0.1, -0.05) is 23.7 Å². The molecule has 0 N–H and O–H groups in total. The van der Waals surface area contributed by atoms with Crippen LogP contribution >= 0.6 is 0 Å². The third kappa shape index (κ3) is 5.20. The molecule has 0 radical (unpaired) electrons. The van der Waals surface area contributed by atoms with Gasteiger partial charge in [-0.25, -0.2) is 0 Å². The summed E-state index contributed by atoms with van der Waals surface area (Å²) in [4.78, 5) is 0. The van der Waals surface area contributed by atoms with Crippen molar-refractivity contribution < 1.29 is 73.8 Å². The van der Waals surface area contributed by atoms with Crippen LogP contribution in [0.4, 0.5) is 12.9 Å². The fraction of sp³-hybridized carbons (Fsp3) is 0.333. The van der Waals surface area contributed by atoms with Gasteiger partial charge in [0.15, 0.2) is 0 Å². The molecule has 1 aromatic carbocycles. The number of halogens is 3. The fourth-order valence-electron chi connectivity index (χ4n) is 1.12. The Morgan fingerprint density at radius 2 is 1.75 bits per heavy atom. The molecule has 0 atom stereocenters. The van der Waals surface area contributed by atoms with Gasteiger partial charge in [0.25, 0.3) is 0 Å². The van der Waals surface area contributed by atoms with Crippen molar-refractivity contribution in [2.45, 2.75) is 0 Å². The summed E-state index contributed by atoms with van der Waals surface area (Å²) in [5, 5.41) is 0. The zero-order valence-electron chi connectivity index (χ0n) is 9.25. The van der Waals surface area contributed by atoms with E-state index in [1.165, 1.54) is 25.3 Å². The molecule has 1 aromatic rings. The predicted octanol–water partition coefficient (Wildman–Crippen LogP) is -1.23. The number of hydrogen-bond acceptors (Lipinski definition) is 2. The Kier molecular flexibility index (Phi) is 7.96. The van der Waals surface area contributed by atoms with Gasteiger partial charge < -0.3 is 22.4 Å². The summed E-state index contributed by atoms with van der Waals surface area (Å²) in [6.07, 6.45) is 0. The molecule has 0 aliphatic carbocycles. The van der Waals surface area contributed by atoms with E-state index in [1.54, 1.807) is 0 Å². The summed E-state index contributed by atoms with van der Waals surface area (Å²) in [7, 11) is 1.46. The molecule has 2 nitrogen and oxygen atoms in total. The molecule has 16 heavy (non-hydrogen) atoms. The van der Waals surface area contributed by atoms with Gasteiger partial charge in [-0.15, -0.1) is 0 Å². The van der Waals surface area contributed by atoms with Crippen molar-refractivity contribution >= 4 is 12.4 Å². The summed E-state index contributed by atoms with van der Waals surface area (Å²) < 4.78 is 47.2. The number of hydrogen-bond donors (Lipinski definition) is 0. The average Bonchev–Trinajstić information content (AvgIpc) is 2.17. The Bertz CT molecular complexity index is 320. The first-order chi connectivity index (χ1) is 7.05. The van der Waals surface area contributed by atoms with E-state index in [-0.39, 0.29) is 70.3 Å². The molecule has 0 unspecified atom stereocenters. The van der Waals surface area contributed by atoms with E-state index < -0.39 is 12.4 Å². The van der Waals surface area contributed by atoms with Crippen molar-refractivity contribution in [1.82, 2.24) is 0 Å². The van der Waals surface area contributed by atoms with E-state index in [0.717, 1.165) is 6.07 Å². The van der Waals surface area contributed by atoms with Crippen LogP contribution in [-0.2, 0) is 4.74 Å². The van der Waals surface area contributed by atoms with Crippen molar-refractivity contribution in [2.24, 2.45) is 0 Å². The van der Waals surface area contributed by atoms with Crippen molar-refractivity contribution in [3.63, 3.8) is 0 Å². The molecule has 0 saturated carbocycles. The summed E-state index contributed by atoms with van der Waals surface area (Å²) in [5.74, 6) is -0.137. The van der Waals surface area contributed by atoms with Crippen LogP contribution in [0.5, 0.6) is 5.75 Å². The van der Waals surface area contributed by atoms with Crippen LogP contribution in [0.3, 0.4) is 0 Å². The molecule has 0 aromatic heterocycles. The van der Waals surface area contributed by atoms with E-state index in [9.17, 15) is 12.9 Å². The maximum atomic E-state index is 12.5. The van der Waals surface area contributed by atoms with Crippen molar-refractivity contribution in [1.29, 1.82) is 0 Å². The van der Waals surface area contributed by atoms with Gasteiger partial charge in [-0.3, -0.25) is 0 Å². The number of methoxy groups -OCH3 is 1. The Balaban J connectivity index is 0.00000225. The molecule has 0 amide bonds. The molecular weight excluding hydrogens is 247 g/mol. The predicted molar refractivity (Wildman–Crippen MR) is 52.5 cm³/mol. The van der Waals surface area contributed by atoms with Crippen LogP contribution in [0.1, 0.15) is 0 Å². The molecule has 0 aliphatic rings. The maximum absolute atomic E-state index is 12.5. The molecule has 0 aliphatic heterocycles. The number of para-hydroxylation sites is 1. The van der Waals surface area contributed by atoms with Gasteiger partial charge >= 0.3 is 58.4 Å². The minimum atomic E-state index is -5.02. The largest absolute Gasteiger partial charge is 1.00 e. The molecule has 0 bridgehead atoms. The Morgan fingerprint density at radius 3 is 2.31 bits per heavy atom. The number of ether oxygens (including phenoxy) is 2. The molecule has 0 heterocycles. The fourth-order valence-corrected chi connectivity index (χ4v) is 1.12. The molecule has 0 spiro atoms. The third-order valence-electron chi connectivity index (χ3n) is 1.82. The normalized spacial score (nSPS) is 10.8. The van der Waals surface area contributed by atoms with Crippen LogP contribution in [0.25, 0.3) is 0 Å². The van der Waals surface area contributed by atoms with Crippen LogP contribution < -0.4 is 61.6 Å². The van der Waals surface area contributed by atoms with Gasteiger partial charge in [-0.05, 0) is 6.07 Å². The Hall–Kier alpha value is 0.471.